The average molecular weight is 157 g/mol. The minimum absolute atomic E-state index is 0.262. The number of halogens is 2. The summed E-state index contributed by atoms with van der Waals surface area (Å²) < 4.78 is 12.3. The van der Waals surface area contributed by atoms with Gasteiger partial charge in [-0.15, -0.1) is 0 Å². The fourth-order valence-electron chi connectivity index (χ4n) is 0.631. The van der Waals surface area contributed by atoms with Crippen LogP contribution in [0.15, 0.2) is 30.8 Å². The molecule has 0 N–H and O–H groups in total. The predicted molar refractivity (Wildman–Crippen MR) is 41.3 cm³/mol. The zero-order valence-corrected chi connectivity index (χ0v) is 6.03. The van der Waals surface area contributed by atoms with Crippen LogP contribution < -0.4 is 0 Å². The van der Waals surface area contributed by atoms with Gasteiger partial charge in [-0.3, -0.25) is 0 Å². The van der Waals surface area contributed by atoms with Crippen LogP contribution in [0, 0.1) is 5.82 Å². The van der Waals surface area contributed by atoms with Gasteiger partial charge in [0.15, 0.2) is 0 Å². The highest BCUT2D eigenvalue weighted by atomic mass is 35.5. The van der Waals surface area contributed by atoms with Crippen molar-refractivity contribution in [2.45, 2.75) is 0 Å². The molecule has 0 aliphatic rings. The Morgan fingerprint density at radius 1 is 1.30 bits per heavy atom. The first kappa shape index (κ1) is 7.29. The van der Waals surface area contributed by atoms with Crippen molar-refractivity contribution in [1.29, 1.82) is 0 Å². The van der Waals surface area contributed by atoms with Crippen LogP contribution in [0.3, 0.4) is 0 Å². The monoisotopic (exact) mass is 156 g/mol. The van der Waals surface area contributed by atoms with Crippen molar-refractivity contribution in [3.8, 4) is 0 Å². The standard InChI is InChI=1S/C8H6ClF/c1-6(9)7-2-4-8(10)5-3-7/h2-5H,1H2. The molecule has 0 aliphatic carbocycles. The van der Waals surface area contributed by atoms with E-state index in [4.69, 9.17) is 11.6 Å². The van der Waals surface area contributed by atoms with Crippen LogP contribution >= 0.6 is 11.6 Å². The summed E-state index contributed by atoms with van der Waals surface area (Å²) in [4.78, 5) is 0. The van der Waals surface area contributed by atoms with Gasteiger partial charge in [0.1, 0.15) is 5.82 Å². The van der Waals surface area contributed by atoms with Gasteiger partial charge >= 0.3 is 0 Å². The molecule has 0 atom stereocenters. The van der Waals surface area contributed by atoms with E-state index in [0.717, 1.165) is 5.56 Å². The highest BCUT2D eigenvalue weighted by Crippen LogP contribution is 2.15. The third-order valence-corrected chi connectivity index (χ3v) is 1.38. The smallest absolute Gasteiger partial charge is 0.123 e. The molecule has 0 aliphatic heterocycles. The second kappa shape index (κ2) is 2.84. The summed E-state index contributed by atoms with van der Waals surface area (Å²) in [6.07, 6.45) is 0. The molecule has 1 aromatic carbocycles. The maximum Gasteiger partial charge on any atom is 0.123 e. The van der Waals surface area contributed by atoms with E-state index in [-0.39, 0.29) is 5.82 Å². The van der Waals surface area contributed by atoms with Gasteiger partial charge in [0.2, 0.25) is 0 Å². The van der Waals surface area contributed by atoms with Crippen molar-refractivity contribution < 1.29 is 4.39 Å². The molecule has 1 rings (SSSR count). The first-order valence-electron chi connectivity index (χ1n) is 2.80. The highest BCUT2D eigenvalue weighted by Gasteiger charge is 1.93. The van der Waals surface area contributed by atoms with Crippen LogP contribution in [0.2, 0.25) is 0 Å². The molecule has 0 amide bonds. The van der Waals surface area contributed by atoms with Gasteiger partial charge in [0.05, 0.1) is 0 Å². The van der Waals surface area contributed by atoms with Gasteiger partial charge in [-0.2, -0.15) is 0 Å². The second-order valence-electron chi connectivity index (χ2n) is 1.91. The molecule has 0 fully saturated rings. The van der Waals surface area contributed by atoms with Gasteiger partial charge in [-0.25, -0.2) is 4.39 Å². The van der Waals surface area contributed by atoms with E-state index in [1.165, 1.54) is 12.1 Å². The Bertz CT molecular complexity index is 238. The van der Waals surface area contributed by atoms with Crippen LogP contribution in [0.5, 0.6) is 0 Å². The van der Waals surface area contributed by atoms with Gasteiger partial charge < -0.3 is 0 Å². The van der Waals surface area contributed by atoms with Crippen LogP contribution in [-0.2, 0) is 0 Å². The van der Waals surface area contributed by atoms with E-state index < -0.39 is 0 Å². The Hall–Kier alpha value is -0.820. The lowest BCUT2D eigenvalue weighted by Crippen LogP contribution is -1.75. The largest absolute Gasteiger partial charge is 0.207 e. The topological polar surface area (TPSA) is 0 Å². The number of benzene rings is 1. The Kier molecular flexibility index (Phi) is 2.07. The summed E-state index contributed by atoms with van der Waals surface area (Å²) >= 11 is 5.54. The van der Waals surface area contributed by atoms with Crippen molar-refractivity contribution in [3.05, 3.63) is 42.2 Å². The molecule has 0 nitrogen and oxygen atoms in total. The van der Waals surface area contributed by atoms with Gasteiger partial charge in [-0.1, -0.05) is 30.3 Å². The predicted octanol–water partition coefficient (Wildman–Crippen LogP) is 3.04. The number of rotatable bonds is 1. The maximum absolute atomic E-state index is 12.3. The Morgan fingerprint density at radius 3 is 2.20 bits per heavy atom. The molecular weight excluding hydrogens is 151 g/mol. The lowest BCUT2D eigenvalue weighted by molar-refractivity contribution is 0.628. The minimum Gasteiger partial charge on any atom is -0.207 e. The molecule has 0 aromatic heterocycles. The quantitative estimate of drug-likeness (QED) is 0.586. The zero-order chi connectivity index (χ0) is 7.56. The fourth-order valence-corrected chi connectivity index (χ4v) is 0.757. The number of hydrogen-bond acceptors (Lipinski definition) is 0. The molecule has 10 heavy (non-hydrogen) atoms. The summed E-state index contributed by atoms with van der Waals surface area (Å²) in [5, 5.41) is 0.431. The molecule has 52 valence electrons. The molecule has 0 spiro atoms. The average Bonchev–Trinajstić information content (AvgIpc) is 1.88. The maximum atomic E-state index is 12.3. The van der Waals surface area contributed by atoms with Crippen molar-refractivity contribution >= 4 is 16.6 Å². The third-order valence-electron chi connectivity index (χ3n) is 1.16. The highest BCUT2D eigenvalue weighted by molar-refractivity contribution is 6.48. The molecule has 0 saturated heterocycles. The van der Waals surface area contributed by atoms with E-state index in [1.54, 1.807) is 12.1 Å². The molecule has 2 heteroatoms. The molecule has 1 aromatic rings. The van der Waals surface area contributed by atoms with Crippen LogP contribution in [0.25, 0.3) is 5.03 Å². The van der Waals surface area contributed by atoms with E-state index in [0.29, 0.717) is 5.03 Å². The molecule has 0 radical (unpaired) electrons. The lowest BCUT2D eigenvalue weighted by atomic mass is 10.2. The van der Waals surface area contributed by atoms with Gasteiger partial charge in [0, 0.05) is 5.03 Å². The SMILES string of the molecule is C=C(Cl)c1ccc(F)cc1. The summed E-state index contributed by atoms with van der Waals surface area (Å²) in [6, 6.07) is 5.88. The minimum atomic E-state index is -0.262. The van der Waals surface area contributed by atoms with E-state index >= 15 is 0 Å². The molecular formula is C8H6ClF. The van der Waals surface area contributed by atoms with E-state index in [2.05, 4.69) is 6.58 Å². The van der Waals surface area contributed by atoms with Gasteiger partial charge in [0.25, 0.3) is 0 Å². The zero-order valence-electron chi connectivity index (χ0n) is 5.27. The lowest BCUT2D eigenvalue weighted by Gasteiger charge is -1.94. The fraction of sp³-hybridized carbons (Fsp3) is 0. The van der Waals surface area contributed by atoms with Crippen molar-refractivity contribution in [2.75, 3.05) is 0 Å². The van der Waals surface area contributed by atoms with Gasteiger partial charge in [-0.05, 0) is 17.7 Å². The summed E-state index contributed by atoms with van der Waals surface area (Å²) in [7, 11) is 0. The summed E-state index contributed by atoms with van der Waals surface area (Å²) in [6.45, 7) is 3.50. The third kappa shape index (κ3) is 1.58. The van der Waals surface area contributed by atoms with Crippen molar-refractivity contribution in [2.24, 2.45) is 0 Å². The summed E-state index contributed by atoms with van der Waals surface area (Å²) in [5.41, 5.74) is 0.753. The first-order chi connectivity index (χ1) is 4.70. The van der Waals surface area contributed by atoms with Crippen LogP contribution in [0.4, 0.5) is 4.39 Å². The molecule has 0 bridgehead atoms. The normalized spacial score (nSPS) is 9.40. The first-order valence-corrected chi connectivity index (χ1v) is 3.18. The molecule has 0 heterocycles. The summed E-state index contributed by atoms with van der Waals surface area (Å²) in [5.74, 6) is -0.262. The Labute approximate surface area is 63.9 Å². The van der Waals surface area contributed by atoms with E-state index in [9.17, 15) is 4.39 Å². The second-order valence-corrected chi connectivity index (χ2v) is 2.37. The van der Waals surface area contributed by atoms with Crippen molar-refractivity contribution in [1.82, 2.24) is 0 Å². The molecule has 0 unspecified atom stereocenters. The Balaban J connectivity index is 3.00. The van der Waals surface area contributed by atoms with Crippen molar-refractivity contribution in [3.63, 3.8) is 0 Å². The van der Waals surface area contributed by atoms with Crippen LogP contribution in [-0.4, -0.2) is 0 Å². The molecule has 0 saturated carbocycles. The van der Waals surface area contributed by atoms with E-state index in [1.807, 2.05) is 0 Å². The number of hydrogen-bond donors (Lipinski definition) is 0. The Morgan fingerprint density at radius 2 is 1.80 bits per heavy atom. The van der Waals surface area contributed by atoms with Crippen LogP contribution in [0.1, 0.15) is 5.56 Å².